The fourth-order valence-electron chi connectivity index (χ4n) is 3.05. The van der Waals surface area contributed by atoms with Gasteiger partial charge in [-0.3, -0.25) is 9.10 Å². The minimum Gasteiger partial charge on any atom is -0.325 e. The van der Waals surface area contributed by atoms with Gasteiger partial charge in [-0.05, 0) is 60.5 Å². The fraction of sp³-hybridized carbons (Fsp3) is 0.130. The maximum atomic E-state index is 13.4. The smallest absolute Gasteiger partial charge is 0.264 e. The molecule has 0 aliphatic rings. The van der Waals surface area contributed by atoms with Gasteiger partial charge in [0.25, 0.3) is 10.0 Å². The fourth-order valence-corrected chi connectivity index (χ4v) is 4.78. The third-order valence-corrected chi connectivity index (χ3v) is 6.58. The van der Waals surface area contributed by atoms with Gasteiger partial charge in [-0.25, -0.2) is 8.42 Å². The molecule has 31 heavy (non-hydrogen) atoms. The van der Waals surface area contributed by atoms with Gasteiger partial charge in [-0.2, -0.15) is 5.26 Å². The molecule has 0 bridgehead atoms. The summed E-state index contributed by atoms with van der Waals surface area (Å²) in [6, 6.07) is 21.7. The van der Waals surface area contributed by atoms with E-state index in [1.165, 1.54) is 12.1 Å². The Labute approximate surface area is 186 Å². The number of nitriles is 1. The lowest BCUT2D eigenvalue weighted by Gasteiger charge is -2.25. The van der Waals surface area contributed by atoms with Gasteiger partial charge >= 0.3 is 0 Å². The lowest BCUT2D eigenvalue weighted by molar-refractivity contribution is -0.114. The van der Waals surface area contributed by atoms with Crippen LogP contribution in [0.2, 0.25) is 5.02 Å². The summed E-state index contributed by atoms with van der Waals surface area (Å²) in [5, 5.41) is 11.9. The molecule has 0 radical (unpaired) electrons. The van der Waals surface area contributed by atoms with Crippen molar-refractivity contribution in [1.29, 1.82) is 5.26 Å². The van der Waals surface area contributed by atoms with Crippen LogP contribution < -0.4 is 9.62 Å². The van der Waals surface area contributed by atoms with E-state index in [1.54, 1.807) is 67.6 Å². The Morgan fingerprint density at radius 3 is 2.35 bits per heavy atom. The summed E-state index contributed by atoms with van der Waals surface area (Å²) in [6.45, 7) is 1.32. The summed E-state index contributed by atoms with van der Waals surface area (Å²) in [5.74, 6) is -0.498. The van der Waals surface area contributed by atoms with Crippen molar-refractivity contribution in [3.63, 3.8) is 0 Å². The molecule has 1 N–H and O–H groups in total. The van der Waals surface area contributed by atoms with Crippen LogP contribution in [-0.4, -0.2) is 20.9 Å². The average molecular weight is 454 g/mol. The Bertz CT molecular complexity index is 1220. The molecule has 0 saturated heterocycles. The maximum absolute atomic E-state index is 13.4. The lowest BCUT2D eigenvalue weighted by Crippen LogP contribution is -2.38. The van der Waals surface area contributed by atoms with Crippen molar-refractivity contribution in [3.8, 4) is 6.07 Å². The Hall–Kier alpha value is -3.34. The summed E-state index contributed by atoms with van der Waals surface area (Å²) in [4.78, 5) is 12.8. The molecule has 1 amide bonds. The van der Waals surface area contributed by atoms with Gasteiger partial charge in [-0.1, -0.05) is 41.9 Å². The van der Waals surface area contributed by atoms with Crippen LogP contribution in [0.15, 0.2) is 77.7 Å². The van der Waals surface area contributed by atoms with Crippen molar-refractivity contribution in [2.75, 3.05) is 16.2 Å². The summed E-state index contributed by atoms with van der Waals surface area (Å²) < 4.78 is 27.8. The molecule has 0 spiro atoms. The van der Waals surface area contributed by atoms with Crippen LogP contribution in [0.1, 0.15) is 11.1 Å². The number of amides is 1. The third-order valence-electron chi connectivity index (χ3n) is 4.57. The highest BCUT2D eigenvalue weighted by Crippen LogP contribution is 2.29. The van der Waals surface area contributed by atoms with Crippen molar-refractivity contribution < 1.29 is 13.2 Å². The Kier molecular flexibility index (Phi) is 6.95. The number of benzene rings is 3. The van der Waals surface area contributed by atoms with E-state index in [1.807, 2.05) is 0 Å². The molecular formula is C23H20ClN3O3S. The molecule has 0 heterocycles. The first kappa shape index (κ1) is 22.3. The van der Waals surface area contributed by atoms with Gasteiger partial charge in [0.05, 0.1) is 23.1 Å². The minimum absolute atomic E-state index is 0.0815. The number of carbonyl (C=O) groups is 1. The summed E-state index contributed by atoms with van der Waals surface area (Å²) in [5.41, 5.74) is 2.33. The predicted molar refractivity (Wildman–Crippen MR) is 122 cm³/mol. The Balaban J connectivity index is 1.91. The lowest BCUT2D eigenvalue weighted by atomic mass is 10.1. The van der Waals surface area contributed by atoms with Gasteiger partial charge in [0, 0.05) is 10.7 Å². The minimum atomic E-state index is -4.00. The van der Waals surface area contributed by atoms with Gasteiger partial charge in [0.2, 0.25) is 5.91 Å². The first-order chi connectivity index (χ1) is 14.8. The van der Waals surface area contributed by atoms with Crippen molar-refractivity contribution in [3.05, 3.63) is 88.9 Å². The van der Waals surface area contributed by atoms with Crippen LogP contribution in [0, 0.1) is 18.3 Å². The molecule has 0 unspecified atom stereocenters. The number of hydrogen-bond acceptors (Lipinski definition) is 4. The highest BCUT2D eigenvalue weighted by molar-refractivity contribution is 7.92. The first-order valence-electron chi connectivity index (χ1n) is 9.41. The standard InChI is InChI=1S/C23H20ClN3O3S/c1-17-15-19(24)9-12-22(17)27(31(29,30)21-5-3-2-4-6-21)16-23(28)26-20-10-7-18(8-11-20)13-14-25/h2-12,15H,13,16H2,1H3,(H,26,28). The van der Waals surface area contributed by atoms with Crippen LogP contribution >= 0.6 is 11.6 Å². The van der Waals surface area contributed by atoms with Crippen LogP contribution in [0.4, 0.5) is 11.4 Å². The van der Waals surface area contributed by atoms with Crippen molar-refractivity contribution in [2.45, 2.75) is 18.2 Å². The first-order valence-corrected chi connectivity index (χ1v) is 11.2. The molecule has 0 fully saturated rings. The third kappa shape index (κ3) is 5.43. The molecule has 158 valence electrons. The number of nitrogens with zero attached hydrogens (tertiary/aromatic N) is 2. The van der Waals surface area contributed by atoms with Gasteiger partial charge < -0.3 is 5.32 Å². The number of sulfonamides is 1. The molecule has 3 aromatic rings. The molecule has 6 nitrogen and oxygen atoms in total. The average Bonchev–Trinajstić information content (AvgIpc) is 2.75. The number of anilines is 2. The summed E-state index contributed by atoms with van der Waals surface area (Å²) in [7, 11) is -4.00. The van der Waals surface area contributed by atoms with Gasteiger partial charge in [-0.15, -0.1) is 0 Å². The SMILES string of the molecule is Cc1cc(Cl)ccc1N(CC(=O)Nc1ccc(CC#N)cc1)S(=O)(=O)c1ccccc1. The molecule has 0 aliphatic heterocycles. The summed E-state index contributed by atoms with van der Waals surface area (Å²) in [6.07, 6.45) is 0.271. The molecule has 0 saturated carbocycles. The summed E-state index contributed by atoms with van der Waals surface area (Å²) >= 11 is 6.03. The van der Waals surface area contributed by atoms with Crippen molar-refractivity contribution in [1.82, 2.24) is 0 Å². The normalized spacial score (nSPS) is 10.9. The molecule has 0 aliphatic carbocycles. The van der Waals surface area contributed by atoms with Gasteiger partial charge in [0.15, 0.2) is 0 Å². The topological polar surface area (TPSA) is 90.3 Å². The van der Waals surface area contributed by atoms with Crippen LogP contribution in [0.3, 0.4) is 0 Å². The molecule has 0 aromatic heterocycles. The van der Waals surface area contributed by atoms with E-state index in [0.29, 0.717) is 22.0 Å². The number of halogens is 1. The molecule has 3 aromatic carbocycles. The number of carbonyl (C=O) groups excluding carboxylic acids is 1. The van der Waals surface area contributed by atoms with E-state index in [2.05, 4.69) is 11.4 Å². The van der Waals surface area contributed by atoms with Crippen LogP contribution in [0.25, 0.3) is 0 Å². The zero-order chi connectivity index (χ0) is 22.4. The molecule has 0 atom stereocenters. The van der Waals surface area contributed by atoms with E-state index in [-0.39, 0.29) is 11.3 Å². The number of nitrogens with one attached hydrogen (secondary N) is 1. The Morgan fingerprint density at radius 1 is 1.06 bits per heavy atom. The van der Waals surface area contributed by atoms with Gasteiger partial charge in [0.1, 0.15) is 6.54 Å². The highest BCUT2D eigenvalue weighted by atomic mass is 35.5. The predicted octanol–water partition coefficient (Wildman–Crippen LogP) is 4.55. The number of hydrogen-bond donors (Lipinski definition) is 1. The van der Waals surface area contributed by atoms with Crippen LogP contribution in [0.5, 0.6) is 0 Å². The molecule has 8 heteroatoms. The van der Waals surface area contributed by atoms with E-state index in [0.717, 1.165) is 9.87 Å². The maximum Gasteiger partial charge on any atom is 0.264 e. The van der Waals surface area contributed by atoms with Crippen LogP contribution in [-0.2, 0) is 21.2 Å². The second-order valence-corrected chi connectivity index (χ2v) is 9.13. The number of aryl methyl sites for hydroxylation is 1. The quantitative estimate of drug-likeness (QED) is 0.568. The van der Waals surface area contributed by atoms with Crippen molar-refractivity contribution >= 4 is 38.9 Å². The van der Waals surface area contributed by atoms with E-state index in [9.17, 15) is 13.2 Å². The Morgan fingerprint density at radius 2 is 1.74 bits per heavy atom. The van der Waals surface area contributed by atoms with E-state index >= 15 is 0 Å². The second-order valence-electron chi connectivity index (χ2n) is 6.84. The number of rotatable bonds is 7. The zero-order valence-corrected chi connectivity index (χ0v) is 18.3. The monoisotopic (exact) mass is 453 g/mol. The van der Waals surface area contributed by atoms with Crippen molar-refractivity contribution in [2.24, 2.45) is 0 Å². The molecule has 3 rings (SSSR count). The van der Waals surface area contributed by atoms with E-state index < -0.39 is 22.5 Å². The molecular weight excluding hydrogens is 434 g/mol. The zero-order valence-electron chi connectivity index (χ0n) is 16.7. The largest absolute Gasteiger partial charge is 0.325 e. The van der Waals surface area contributed by atoms with E-state index in [4.69, 9.17) is 16.9 Å². The second kappa shape index (κ2) is 9.65. The highest BCUT2D eigenvalue weighted by Gasteiger charge is 2.28.